The van der Waals surface area contributed by atoms with E-state index >= 15 is 0 Å². The number of ether oxygens (including phenoxy) is 2. The van der Waals surface area contributed by atoms with E-state index in [1.807, 2.05) is 17.4 Å². The molecular formula is C17H21NO2S. The van der Waals surface area contributed by atoms with E-state index in [4.69, 9.17) is 9.47 Å². The topological polar surface area (TPSA) is 30.5 Å². The predicted molar refractivity (Wildman–Crippen MR) is 86.4 cm³/mol. The van der Waals surface area contributed by atoms with Crippen LogP contribution in [-0.2, 0) is 16.0 Å². The number of benzene rings is 1. The zero-order valence-electron chi connectivity index (χ0n) is 12.5. The number of rotatable bonds is 6. The molecule has 3 nitrogen and oxygen atoms in total. The van der Waals surface area contributed by atoms with Crippen molar-refractivity contribution in [3.05, 3.63) is 47.3 Å². The number of thiophene rings is 1. The molecule has 1 aromatic carbocycles. The van der Waals surface area contributed by atoms with Gasteiger partial charge in [-0.25, -0.2) is 0 Å². The van der Waals surface area contributed by atoms with Gasteiger partial charge in [-0.1, -0.05) is 30.3 Å². The summed E-state index contributed by atoms with van der Waals surface area (Å²) in [6.45, 7) is 0.908. The lowest BCUT2D eigenvalue weighted by Crippen LogP contribution is -2.55. The number of hydrogen-bond acceptors (Lipinski definition) is 4. The summed E-state index contributed by atoms with van der Waals surface area (Å²) in [4.78, 5) is 2.69. The van der Waals surface area contributed by atoms with Gasteiger partial charge in [0.25, 0.3) is 0 Å². The zero-order valence-corrected chi connectivity index (χ0v) is 13.3. The van der Waals surface area contributed by atoms with Crippen LogP contribution in [-0.4, -0.2) is 26.0 Å². The SMILES string of the molecule is COC1(OC)CC(NCc2ccc(-c3ccccc3)s2)C1. The van der Waals surface area contributed by atoms with E-state index in [0.717, 1.165) is 19.4 Å². The molecule has 0 aliphatic heterocycles. The molecule has 1 aliphatic carbocycles. The van der Waals surface area contributed by atoms with Crippen molar-refractivity contribution in [3.8, 4) is 10.4 Å². The Balaban J connectivity index is 1.53. The number of methoxy groups -OCH3 is 2. The zero-order chi connectivity index (χ0) is 14.7. The maximum Gasteiger partial charge on any atom is 0.170 e. The first-order chi connectivity index (χ1) is 10.2. The second-order valence-corrected chi connectivity index (χ2v) is 6.61. The molecule has 2 aromatic rings. The summed E-state index contributed by atoms with van der Waals surface area (Å²) >= 11 is 1.85. The van der Waals surface area contributed by atoms with E-state index in [0.29, 0.717) is 6.04 Å². The molecule has 0 unspecified atom stereocenters. The van der Waals surface area contributed by atoms with Crippen molar-refractivity contribution < 1.29 is 9.47 Å². The van der Waals surface area contributed by atoms with Gasteiger partial charge in [0, 0.05) is 49.4 Å². The Kier molecular flexibility index (Phi) is 4.40. The summed E-state index contributed by atoms with van der Waals surface area (Å²) in [5.74, 6) is -0.359. The van der Waals surface area contributed by atoms with Crippen LogP contribution in [0.2, 0.25) is 0 Å². The van der Waals surface area contributed by atoms with Gasteiger partial charge in [0.05, 0.1) is 0 Å². The maximum atomic E-state index is 5.41. The molecule has 4 heteroatoms. The smallest absolute Gasteiger partial charge is 0.170 e. The van der Waals surface area contributed by atoms with Crippen LogP contribution in [0.5, 0.6) is 0 Å². The first-order valence-electron chi connectivity index (χ1n) is 7.22. The Bertz CT molecular complexity index is 569. The highest BCUT2D eigenvalue weighted by Gasteiger charge is 2.44. The third-order valence-electron chi connectivity index (χ3n) is 4.14. The van der Waals surface area contributed by atoms with Gasteiger partial charge < -0.3 is 14.8 Å². The molecule has 1 aliphatic rings. The monoisotopic (exact) mass is 303 g/mol. The maximum absolute atomic E-state index is 5.41. The van der Waals surface area contributed by atoms with Crippen LogP contribution < -0.4 is 5.32 Å². The fraction of sp³-hybridized carbons (Fsp3) is 0.412. The molecule has 112 valence electrons. The van der Waals surface area contributed by atoms with E-state index in [1.165, 1.54) is 15.3 Å². The predicted octanol–water partition coefficient (Wildman–Crippen LogP) is 3.66. The van der Waals surface area contributed by atoms with E-state index < -0.39 is 0 Å². The molecule has 21 heavy (non-hydrogen) atoms. The standard InChI is InChI=1S/C17H21NO2S/c1-19-17(20-2)10-14(11-17)18-12-15-8-9-16(21-15)13-6-4-3-5-7-13/h3-9,14,18H,10-12H2,1-2H3. The van der Waals surface area contributed by atoms with Gasteiger partial charge in [-0.15, -0.1) is 11.3 Å². The van der Waals surface area contributed by atoms with Crippen molar-refractivity contribution in [2.45, 2.75) is 31.2 Å². The quantitative estimate of drug-likeness (QED) is 0.826. The fourth-order valence-electron chi connectivity index (χ4n) is 2.73. The number of nitrogens with one attached hydrogen (secondary N) is 1. The van der Waals surface area contributed by atoms with Gasteiger partial charge in [-0.3, -0.25) is 0 Å². The molecule has 0 amide bonds. The minimum Gasteiger partial charge on any atom is -0.353 e. The molecule has 0 bridgehead atoms. The van der Waals surface area contributed by atoms with E-state index in [9.17, 15) is 0 Å². The Morgan fingerprint density at radius 1 is 1.10 bits per heavy atom. The molecule has 1 aromatic heterocycles. The second-order valence-electron chi connectivity index (χ2n) is 5.44. The first kappa shape index (κ1) is 14.7. The molecule has 0 radical (unpaired) electrons. The molecule has 0 atom stereocenters. The highest BCUT2D eigenvalue weighted by atomic mass is 32.1. The van der Waals surface area contributed by atoms with Crippen molar-refractivity contribution in [3.63, 3.8) is 0 Å². The van der Waals surface area contributed by atoms with Gasteiger partial charge in [-0.05, 0) is 17.7 Å². The normalized spacial score (nSPS) is 17.6. The van der Waals surface area contributed by atoms with E-state index in [2.05, 4.69) is 41.7 Å². The summed E-state index contributed by atoms with van der Waals surface area (Å²) in [6.07, 6.45) is 1.83. The van der Waals surface area contributed by atoms with E-state index in [1.54, 1.807) is 14.2 Å². The van der Waals surface area contributed by atoms with Crippen LogP contribution in [0.25, 0.3) is 10.4 Å². The molecule has 0 saturated heterocycles. The van der Waals surface area contributed by atoms with Crippen LogP contribution in [0, 0.1) is 0 Å². The fourth-order valence-corrected chi connectivity index (χ4v) is 3.69. The Labute approximate surface area is 129 Å². The largest absolute Gasteiger partial charge is 0.353 e. The minimum atomic E-state index is -0.359. The van der Waals surface area contributed by atoms with Crippen LogP contribution in [0.15, 0.2) is 42.5 Å². The summed E-state index contributed by atoms with van der Waals surface area (Å²) in [7, 11) is 3.43. The Morgan fingerprint density at radius 3 is 2.48 bits per heavy atom. The Hall–Kier alpha value is -1.20. The van der Waals surface area contributed by atoms with Crippen molar-refractivity contribution >= 4 is 11.3 Å². The van der Waals surface area contributed by atoms with Crippen LogP contribution >= 0.6 is 11.3 Å². The summed E-state index contributed by atoms with van der Waals surface area (Å²) in [5.41, 5.74) is 1.29. The highest BCUT2D eigenvalue weighted by Crippen LogP contribution is 2.36. The lowest BCUT2D eigenvalue weighted by Gasteiger charge is -2.45. The summed E-state index contributed by atoms with van der Waals surface area (Å²) < 4.78 is 10.8. The van der Waals surface area contributed by atoms with Crippen molar-refractivity contribution in [2.75, 3.05) is 14.2 Å². The molecule has 1 N–H and O–H groups in total. The average molecular weight is 303 g/mol. The lowest BCUT2D eigenvalue weighted by atomic mass is 9.85. The van der Waals surface area contributed by atoms with Gasteiger partial charge in [-0.2, -0.15) is 0 Å². The molecule has 3 rings (SSSR count). The van der Waals surface area contributed by atoms with E-state index in [-0.39, 0.29) is 5.79 Å². The molecule has 1 fully saturated rings. The molecule has 1 heterocycles. The van der Waals surface area contributed by atoms with Gasteiger partial charge in [0.15, 0.2) is 5.79 Å². The van der Waals surface area contributed by atoms with Crippen LogP contribution in [0.4, 0.5) is 0 Å². The summed E-state index contributed by atoms with van der Waals surface area (Å²) in [6, 6.07) is 15.4. The van der Waals surface area contributed by atoms with Gasteiger partial charge >= 0.3 is 0 Å². The van der Waals surface area contributed by atoms with Crippen molar-refractivity contribution in [1.29, 1.82) is 0 Å². The minimum absolute atomic E-state index is 0.359. The molecule has 1 saturated carbocycles. The third kappa shape index (κ3) is 3.19. The van der Waals surface area contributed by atoms with Crippen LogP contribution in [0.3, 0.4) is 0 Å². The lowest BCUT2D eigenvalue weighted by molar-refractivity contribution is -0.259. The first-order valence-corrected chi connectivity index (χ1v) is 8.04. The second kappa shape index (κ2) is 6.28. The number of hydrogen-bond donors (Lipinski definition) is 1. The highest BCUT2D eigenvalue weighted by molar-refractivity contribution is 7.15. The average Bonchev–Trinajstić information content (AvgIpc) is 2.96. The van der Waals surface area contributed by atoms with Gasteiger partial charge in [0.1, 0.15) is 0 Å². The van der Waals surface area contributed by atoms with Crippen molar-refractivity contribution in [1.82, 2.24) is 5.32 Å². The third-order valence-corrected chi connectivity index (χ3v) is 5.28. The molecular weight excluding hydrogens is 282 g/mol. The molecule has 0 spiro atoms. The van der Waals surface area contributed by atoms with Crippen LogP contribution in [0.1, 0.15) is 17.7 Å². The summed E-state index contributed by atoms with van der Waals surface area (Å²) in [5, 5.41) is 3.57. The Morgan fingerprint density at radius 2 is 1.81 bits per heavy atom. The van der Waals surface area contributed by atoms with Gasteiger partial charge in [0.2, 0.25) is 0 Å². The van der Waals surface area contributed by atoms with Crippen molar-refractivity contribution in [2.24, 2.45) is 0 Å².